The molecule has 0 aliphatic carbocycles. The molecule has 29 heavy (non-hydrogen) atoms. The zero-order valence-electron chi connectivity index (χ0n) is 16.5. The van der Waals surface area contributed by atoms with Crippen molar-refractivity contribution in [2.45, 2.75) is 38.4 Å². The summed E-state index contributed by atoms with van der Waals surface area (Å²) in [7, 11) is 0. The SMILES string of the molecule is CCCCCOCCOc1ccc(/C(=N/N=C/C2CON2)SC)cc1C(F)(F)F. The van der Waals surface area contributed by atoms with Crippen LogP contribution in [-0.4, -0.2) is 50.0 Å². The Balaban J connectivity index is 2.03. The second-order valence-electron chi connectivity index (χ2n) is 6.29. The summed E-state index contributed by atoms with van der Waals surface area (Å²) >= 11 is 1.21. The van der Waals surface area contributed by atoms with Crippen molar-refractivity contribution in [3.63, 3.8) is 0 Å². The molecule has 0 spiro atoms. The van der Waals surface area contributed by atoms with Crippen LogP contribution in [0, 0.1) is 0 Å². The molecule has 6 nitrogen and oxygen atoms in total. The smallest absolute Gasteiger partial charge is 0.419 e. The Bertz CT molecular complexity index is 695. The van der Waals surface area contributed by atoms with Crippen LogP contribution in [0.1, 0.15) is 37.3 Å². The third kappa shape index (κ3) is 7.96. The van der Waals surface area contributed by atoms with Crippen molar-refractivity contribution in [2.75, 3.05) is 32.7 Å². The summed E-state index contributed by atoms with van der Waals surface area (Å²) < 4.78 is 51.2. The van der Waals surface area contributed by atoms with Crippen molar-refractivity contribution in [1.29, 1.82) is 0 Å². The number of nitrogens with zero attached hydrogens (tertiary/aromatic N) is 2. The van der Waals surface area contributed by atoms with Gasteiger partial charge in [-0.2, -0.15) is 23.8 Å². The maximum Gasteiger partial charge on any atom is 0.419 e. The predicted molar refractivity (Wildman–Crippen MR) is 109 cm³/mol. The van der Waals surface area contributed by atoms with E-state index in [0.29, 0.717) is 23.8 Å². The topological polar surface area (TPSA) is 64.4 Å². The van der Waals surface area contributed by atoms with E-state index in [0.717, 1.165) is 25.3 Å². The Morgan fingerprint density at radius 3 is 2.72 bits per heavy atom. The van der Waals surface area contributed by atoms with E-state index in [9.17, 15) is 13.2 Å². The number of hydroxylamine groups is 1. The summed E-state index contributed by atoms with van der Waals surface area (Å²) in [5, 5.41) is 8.31. The van der Waals surface area contributed by atoms with Crippen LogP contribution in [-0.2, 0) is 15.8 Å². The number of hydrogen-bond acceptors (Lipinski definition) is 7. The van der Waals surface area contributed by atoms with Crippen LogP contribution < -0.4 is 10.2 Å². The number of alkyl halides is 3. The number of nitrogens with one attached hydrogen (secondary N) is 1. The van der Waals surface area contributed by atoms with Crippen molar-refractivity contribution in [3.8, 4) is 5.75 Å². The van der Waals surface area contributed by atoms with Gasteiger partial charge in [0.15, 0.2) is 0 Å². The molecule has 1 heterocycles. The summed E-state index contributed by atoms with van der Waals surface area (Å²) in [6, 6.07) is 3.86. The lowest BCUT2D eigenvalue weighted by molar-refractivity contribution is -0.139. The molecule has 162 valence electrons. The van der Waals surface area contributed by atoms with Gasteiger partial charge in [0.2, 0.25) is 0 Å². The molecule has 0 bridgehead atoms. The molecule has 1 N–H and O–H groups in total. The average molecular weight is 433 g/mol. The van der Waals surface area contributed by atoms with Gasteiger partial charge in [0, 0.05) is 18.4 Å². The first kappa shape index (κ1) is 23.7. The maximum absolute atomic E-state index is 13.5. The van der Waals surface area contributed by atoms with E-state index >= 15 is 0 Å². The Morgan fingerprint density at radius 2 is 2.10 bits per heavy atom. The van der Waals surface area contributed by atoms with Crippen molar-refractivity contribution in [2.24, 2.45) is 10.2 Å². The summed E-state index contributed by atoms with van der Waals surface area (Å²) in [6.45, 7) is 3.46. The minimum Gasteiger partial charge on any atom is -0.491 e. The Hall–Kier alpha value is -1.62. The van der Waals surface area contributed by atoms with Crippen molar-refractivity contribution < 1.29 is 27.5 Å². The highest BCUT2D eigenvalue weighted by molar-refractivity contribution is 8.13. The van der Waals surface area contributed by atoms with Crippen LogP contribution in [0.2, 0.25) is 0 Å². The quantitative estimate of drug-likeness (QED) is 0.244. The summed E-state index contributed by atoms with van der Waals surface area (Å²) in [6.07, 6.45) is 1.80. The Kier molecular flexibility index (Phi) is 9.92. The van der Waals surface area contributed by atoms with E-state index in [4.69, 9.17) is 14.3 Å². The van der Waals surface area contributed by atoms with Crippen LogP contribution in [0.3, 0.4) is 0 Å². The third-order valence-corrected chi connectivity index (χ3v) is 4.70. The predicted octanol–water partition coefficient (Wildman–Crippen LogP) is 4.29. The minimum absolute atomic E-state index is 0.0347. The molecule has 2 rings (SSSR count). The fraction of sp³-hybridized carbons (Fsp3) is 0.579. The molecular formula is C19H26F3N3O3S. The standard InChI is InChI=1S/C19H26F3N3O3S/c1-3-4-5-8-26-9-10-27-17-7-6-14(11-16(17)19(20,21)22)18(29-2)24-23-12-15-13-28-25-15/h6-7,11-12,15,25H,3-5,8-10,13H2,1-2H3/b23-12+,24-18-. The lowest BCUT2D eigenvalue weighted by Crippen LogP contribution is -2.46. The number of halogens is 3. The first-order chi connectivity index (χ1) is 14.0. The van der Waals surface area contributed by atoms with Crippen LogP contribution in [0.5, 0.6) is 5.75 Å². The molecule has 1 aliphatic rings. The lowest BCUT2D eigenvalue weighted by atomic mass is 10.1. The summed E-state index contributed by atoms with van der Waals surface area (Å²) in [5.41, 5.74) is 2.13. The maximum atomic E-state index is 13.5. The van der Waals surface area contributed by atoms with Crippen LogP contribution >= 0.6 is 11.8 Å². The van der Waals surface area contributed by atoms with Crippen LogP contribution in [0.4, 0.5) is 13.2 Å². The molecule has 1 aromatic rings. The second-order valence-corrected chi connectivity index (χ2v) is 7.08. The second kappa shape index (κ2) is 12.2. The average Bonchev–Trinajstić information content (AvgIpc) is 2.65. The zero-order chi connectivity index (χ0) is 21.1. The van der Waals surface area contributed by atoms with Gasteiger partial charge >= 0.3 is 6.18 Å². The van der Waals surface area contributed by atoms with E-state index in [2.05, 4.69) is 22.6 Å². The largest absolute Gasteiger partial charge is 0.491 e. The molecule has 1 aromatic carbocycles. The van der Waals surface area contributed by atoms with E-state index in [1.165, 1.54) is 17.8 Å². The third-order valence-electron chi connectivity index (χ3n) is 4.00. The van der Waals surface area contributed by atoms with Gasteiger partial charge in [-0.15, -0.1) is 16.9 Å². The first-order valence-electron chi connectivity index (χ1n) is 9.40. The van der Waals surface area contributed by atoms with Crippen molar-refractivity contribution in [1.82, 2.24) is 5.48 Å². The first-order valence-corrected chi connectivity index (χ1v) is 10.6. The normalized spacial score (nSPS) is 17.6. The van der Waals surface area contributed by atoms with Gasteiger partial charge in [-0.25, -0.2) is 0 Å². The van der Waals surface area contributed by atoms with E-state index in [-0.39, 0.29) is 25.0 Å². The summed E-state index contributed by atoms with van der Waals surface area (Å²) in [4.78, 5) is 4.79. The molecular weight excluding hydrogens is 407 g/mol. The van der Waals surface area contributed by atoms with Gasteiger partial charge in [0.25, 0.3) is 0 Å². The van der Waals surface area contributed by atoms with Gasteiger partial charge in [0.1, 0.15) is 17.4 Å². The number of thioether (sulfide) groups is 1. The van der Waals surface area contributed by atoms with E-state index in [1.54, 1.807) is 18.5 Å². The highest BCUT2D eigenvalue weighted by Crippen LogP contribution is 2.37. The molecule has 0 saturated carbocycles. The Morgan fingerprint density at radius 1 is 1.31 bits per heavy atom. The number of rotatable bonds is 11. The van der Waals surface area contributed by atoms with Crippen molar-refractivity contribution in [3.05, 3.63) is 29.3 Å². The highest BCUT2D eigenvalue weighted by atomic mass is 32.2. The zero-order valence-corrected chi connectivity index (χ0v) is 17.3. The number of ether oxygens (including phenoxy) is 2. The van der Waals surface area contributed by atoms with Crippen LogP contribution in [0.25, 0.3) is 0 Å². The van der Waals surface area contributed by atoms with Gasteiger partial charge < -0.3 is 9.47 Å². The lowest BCUT2D eigenvalue weighted by Gasteiger charge is -2.22. The fourth-order valence-corrected chi connectivity index (χ4v) is 2.90. The molecule has 1 atom stereocenters. The highest BCUT2D eigenvalue weighted by Gasteiger charge is 2.35. The molecule has 0 radical (unpaired) electrons. The van der Waals surface area contributed by atoms with Gasteiger partial charge in [0.05, 0.1) is 24.8 Å². The van der Waals surface area contributed by atoms with Gasteiger partial charge in [-0.05, 0) is 30.9 Å². The summed E-state index contributed by atoms with van der Waals surface area (Å²) in [5.74, 6) is -0.224. The van der Waals surface area contributed by atoms with Gasteiger partial charge in [-0.1, -0.05) is 19.8 Å². The molecule has 10 heteroatoms. The number of hydrogen-bond donors (Lipinski definition) is 1. The minimum atomic E-state index is -4.55. The molecule has 1 fully saturated rings. The van der Waals surface area contributed by atoms with Gasteiger partial charge in [-0.3, -0.25) is 4.84 Å². The van der Waals surface area contributed by atoms with E-state index in [1.807, 2.05) is 0 Å². The van der Waals surface area contributed by atoms with Crippen LogP contribution in [0.15, 0.2) is 28.4 Å². The van der Waals surface area contributed by atoms with E-state index < -0.39 is 11.7 Å². The fourth-order valence-electron chi connectivity index (χ4n) is 2.41. The monoisotopic (exact) mass is 433 g/mol. The number of unbranched alkanes of at least 4 members (excludes halogenated alkanes) is 2. The molecule has 1 aliphatic heterocycles. The number of benzene rings is 1. The molecule has 1 unspecified atom stereocenters. The molecule has 1 saturated heterocycles. The Labute approximate surface area is 172 Å². The van der Waals surface area contributed by atoms with Crippen molar-refractivity contribution >= 4 is 23.0 Å². The molecule has 0 aromatic heterocycles. The molecule has 0 amide bonds.